The van der Waals surface area contributed by atoms with E-state index in [1.807, 2.05) is 13.0 Å². The number of carbonyl (C=O) groups excluding carboxylic acids is 3. The predicted molar refractivity (Wildman–Crippen MR) is 110 cm³/mol. The van der Waals surface area contributed by atoms with Crippen LogP contribution in [0.3, 0.4) is 0 Å². The minimum Gasteiger partial charge on any atom is -0.494 e. The van der Waals surface area contributed by atoms with E-state index in [4.69, 9.17) is 16.3 Å². The fraction of sp³-hybridized carbons (Fsp3) is 0.286. The van der Waals surface area contributed by atoms with Gasteiger partial charge in [0.05, 0.1) is 6.61 Å². The molecule has 0 radical (unpaired) electrons. The first-order valence-corrected chi connectivity index (χ1v) is 9.59. The number of amides is 4. The summed E-state index contributed by atoms with van der Waals surface area (Å²) in [5.74, 6) is 0.119. The van der Waals surface area contributed by atoms with Crippen LogP contribution in [-0.2, 0) is 15.1 Å². The molecule has 7 nitrogen and oxygen atoms in total. The van der Waals surface area contributed by atoms with Gasteiger partial charge in [0.25, 0.3) is 5.91 Å². The molecule has 1 aliphatic rings. The van der Waals surface area contributed by atoms with Gasteiger partial charge in [0.1, 0.15) is 11.3 Å². The molecule has 2 aromatic rings. The summed E-state index contributed by atoms with van der Waals surface area (Å²) >= 11 is 5.99. The summed E-state index contributed by atoms with van der Waals surface area (Å²) in [6.07, 6.45) is 0.828. The van der Waals surface area contributed by atoms with E-state index in [1.165, 1.54) is 0 Å². The average Bonchev–Trinajstić information content (AvgIpc) is 2.94. The number of rotatable bonds is 7. The number of carbonyl (C=O) groups is 3. The number of nitrogens with one attached hydrogen (secondary N) is 3. The molecular weight excluding hydrogens is 394 g/mol. The highest BCUT2D eigenvalue weighted by atomic mass is 35.5. The van der Waals surface area contributed by atoms with Gasteiger partial charge in [-0.25, -0.2) is 4.79 Å². The van der Waals surface area contributed by atoms with Gasteiger partial charge in [-0.1, -0.05) is 23.7 Å². The number of imide groups is 1. The van der Waals surface area contributed by atoms with Gasteiger partial charge in [-0.3, -0.25) is 14.9 Å². The van der Waals surface area contributed by atoms with Gasteiger partial charge in [0.15, 0.2) is 0 Å². The Hall–Kier alpha value is -3.06. The van der Waals surface area contributed by atoms with Gasteiger partial charge in [0.2, 0.25) is 5.91 Å². The van der Waals surface area contributed by atoms with E-state index >= 15 is 0 Å². The monoisotopic (exact) mass is 415 g/mol. The molecule has 0 bridgehead atoms. The van der Waals surface area contributed by atoms with Crippen LogP contribution < -0.4 is 20.7 Å². The SMILES string of the molecule is Cc1cc(OCCCC(=O)Nc2cccc([C@@]3(C)NC(=O)NC3=O)c2)ccc1Cl. The Morgan fingerprint density at radius 2 is 2.00 bits per heavy atom. The Balaban J connectivity index is 1.51. The molecule has 3 rings (SSSR count). The van der Waals surface area contributed by atoms with Crippen molar-refractivity contribution in [1.82, 2.24) is 10.6 Å². The molecule has 0 unspecified atom stereocenters. The van der Waals surface area contributed by atoms with Crippen LogP contribution in [0.25, 0.3) is 0 Å². The maximum absolute atomic E-state index is 12.2. The quantitative estimate of drug-likeness (QED) is 0.476. The summed E-state index contributed by atoms with van der Waals surface area (Å²) in [6.45, 7) is 3.92. The normalized spacial score (nSPS) is 18.2. The first kappa shape index (κ1) is 20.7. The zero-order chi connectivity index (χ0) is 21.0. The topological polar surface area (TPSA) is 96.5 Å². The molecular formula is C21H22ClN3O4. The van der Waals surface area contributed by atoms with Gasteiger partial charge < -0.3 is 15.4 Å². The number of urea groups is 1. The van der Waals surface area contributed by atoms with Gasteiger partial charge in [-0.2, -0.15) is 0 Å². The van der Waals surface area contributed by atoms with Crippen LogP contribution in [-0.4, -0.2) is 24.5 Å². The Morgan fingerprint density at radius 3 is 2.69 bits per heavy atom. The third-order valence-corrected chi connectivity index (χ3v) is 5.14. The molecule has 0 saturated carbocycles. The molecule has 1 heterocycles. The molecule has 4 amide bonds. The highest BCUT2D eigenvalue weighted by molar-refractivity contribution is 6.31. The second kappa shape index (κ2) is 8.53. The molecule has 1 saturated heterocycles. The maximum atomic E-state index is 12.2. The molecule has 152 valence electrons. The molecule has 0 aromatic heterocycles. The van der Waals surface area contributed by atoms with Crippen molar-refractivity contribution in [1.29, 1.82) is 0 Å². The molecule has 1 aliphatic heterocycles. The number of aryl methyl sites for hydroxylation is 1. The minimum atomic E-state index is -1.16. The van der Waals surface area contributed by atoms with Crippen molar-refractivity contribution in [3.63, 3.8) is 0 Å². The summed E-state index contributed by atoms with van der Waals surface area (Å²) in [5.41, 5.74) is 0.905. The highest BCUT2D eigenvalue weighted by Crippen LogP contribution is 2.26. The van der Waals surface area contributed by atoms with Crippen LogP contribution >= 0.6 is 11.6 Å². The third-order valence-electron chi connectivity index (χ3n) is 4.71. The van der Waals surface area contributed by atoms with Crippen LogP contribution in [0.4, 0.5) is 10.5 Å². The molecule has 1 atom stereocenters. The second-order valence-corrected chi connectivity index (χ2v) is 7.43. The first-order chi connectivity index (χ1) is 13.8. The molecule has 3 N–H and O–H groups in total. The third kappa shape index (κ3) is 4.86. The van der Waals surface area contributed by atoms with E-state index in [-0.39, 0.29) is 12.3 Å². The van der Waals surface area contributed by atoms with Crippen LogP contribution in [0, 0.1) is 6.92 Å². The van der Waals surface area contributed by atoms with Crippen molar-refractivity contribution in [3.8, 4) is 5.75 Å². The van der Waals surface area contributed by atoms with E-state index in [0.717, 1.165) is 5.56 Å². The van der Waals surface area contributed by atoms with Gasteiger partial charge >= 0.3 is 6.03 Å². The van der Waals surface area contributed by atoms with Crippen molar-refractivity contribution >= 4 is 35.1 Å². The van der Waals surface area contributed by atoms with E-state index in [1.54, 1.807) is 43.3 Å². The zero-order valence-electron chi connectivity index (χ0n) is 16.2. The molecule has 29 heavy (non-hydrogen) atoms. The van der Waals surface area contributed by atoms with E-state index in [2.05, 4.69) is 16.0 Å². The van der Waals surface area contributed by atoms with Gasteiger partial charge in [-0.05, 0) is 61.7 Å². The van der Waals surface area contributed by atoms with Crippen LogP contribution in [0.2, 0.25) is 5.02 Å². The smallest absolute Gasteiger partial charge is 0.322 e. The van der Waals surface area contributed by atoms with Crippen molar-refractivity contribution in [3.05, 3.63) is 58.6 Å². The van der Waals surface area contributed by atoms with Crippen LogP contribution in [0.15, 0.2) is 42.5 Å². The number of benzene rings is 2. The Kier molecular flexibility index (Phi) is 6.08. The Bertz CT molecular complexity index is 963. The number of anilines is 1. The fourth-order valence-corrected chi connectivity index (χ4v) is 3.13. The van der Waals surface area contributed by atoms with E-state index in [0.29, 0.717) is 35.1 Å². The van der Waals surface area contributed by atoms with E-state index < -0.39 is 17.5 Å². The minimum absolute atomic E-state index is 0.164. The summed E-state index contributed by atoms with van der Waals surface area (Å²) < 4.78 is 5.64. The molecule has 1 fully saturated rings. The number of hydrogen-bond acceptors (Lipinski definition) is 4. The molecule has 0 spiro atoms. The lowest BCUT2D eigenvalue weighted by atomic mass is 9.92. The van der Waals surface area contributed by atoms with Crippen molar-refractivity contribution < 1.29 is 19.1 Å². The van der Waals surface area contributed by atoms with Crippen molar-refractivity contribution in [2.45, 2.75) is 32.2 Å². The standard InChI is InChI=1S/C21H22ClN3O4/c1-13-11-16(8-9-17(13)22)29-10-4-7-18(26)23-15-6-3-5-14(12-15)21(2)19(27)24-20(28)25-21/h3,5-6,8-9,11-12H,4,7,10H2,1-2H3,(H,23,26)(H2,24,25,27,28)/t21-/m1/s1. The fourth-order valence-electron chi connectivity index (χ4n) is 3.01. The van der Waals surface area contributed by atoms with Gasteiger partial charge in [0, 0.05) is 17.1 Å². The first-order valence-electron chi connectivity index (χ1n) is 9.21. The summed E-state index contributed by atoms with van der Waals surface area (Å²) in [6, 6.07) is 11.7. The second-order valence-electron chi connectivity index (χ2n) is 7.03. The lowest BCUT2D eigenvalue weighted by molar-refractivity contribution is -0.123. The average molecular weight is 416 g/mol. The van der Waals surface area contributed by atoms with Crippen LogP contribution in [0.5, 0.6) is 5.75 Å². The summed E-state index contributed by atoms with van der Waals surface area (Å²) in [4.78, 5) is 35.7. The van der Waals surface area contributed by atoms with Crippen molar-refractivity contribution in [2.75, 3.05) is 11.9 Å². The predicted octanol–water partition coefficient (Wildman–Crippen LogP) is 3.50. The molecule has 0 aliphatic carbocycles. The largest absolute Gasteiger partial charge is 0.494 e. The van der Waals surface area contributed by atoms with Gasteiger partial charge in [-0.15, -0.1) is 0 Å². The summed E-state index contributed by atoms with van der Waals surface area (Å²) in [7, 11) is 0. The lowest BCUT2D eigenvalue weighted by Crippen LogP contribution is -2.40. The molecule has 8 heteroatoms. The zero-order valence-corrected chi connectivity index (χ0v) is 16.9. The number of ether oxygens (including phenoxy) is 1. The van der Waals surface area contributed by atoms with E-state index in [9.17, 15) is 14.4 Å². The number of halogens is 1. The maximum Gasteiger partial charge on any atom is 0.322 e. The highest BCUT2D eigenvalue weighted by Gasteiger charge is 2.43. The Labute approximate surface area is 173 Å². The molecule has 2 aromatic carbocycles. The number of hydrogen-bond donors (Lipinski definition) is 3. The summed E-state index contributed by atoms with van der Waals surface area (Å²) in [5, 5.41) is 8.32. The van der Waals surface area contributed by atoms with Crippen molar-refractivity contribution in [2.24, 2.45) is 0 Å². The Morgan fingerprint density at radius 1 is 1.21 bits per heavy atom. The van der Waals surface area contributed by atoms with Crippen LogP contribution in [0.1, 0.15) is 30.9 Å². The lowest BCUT2D eigenvalue weighted by Gasteiger charge is -2.21.